The van der Waals surface area contributed by atoms with E-state index in [2.05, 4.69) is 27.4 Å². The number of nitrogens with zero attached hydrogens (tertiary/aromatic N) is 2. The van der Waals surface area contributed by atoms with Crippen LogP contribution in [0.5, 0.6) is 0 Å². The van der Waals surface area contributed by atoms with Crippen LogP contribution >= 0.6 is 0 Å². The van der Waals surface area contributed by atoms with Crippen molar-refractivity contribution in [1.82, 2.24) is 15.4 Å². The number of hydrogen-bond donors (Lipinski definition) is 1. The molecule has 16 heavy (non-hydrogen) atoms. The van der Waals surface area contributed by atoms with Crippen LogP contribution in [0.2, 0.25) is 0 Å². The fourth-order valence-electron chi connectivity index (χ4n) is 2.26. The molecule has 1 atom stereocenters. The highest BCUT2D eigenvalue weighted by atomic mass is 15.5. The molecule has 0 saturated carbocycles. The first-order valence-electron chi connectivity index (χ1n) is 5.70. The van der Waals surface area contributed by atoms with Crippen molar-refractivity contribution >= 4 is 0 Å². The van der Waals surface area contributed by atoms with Gasteiger partial charge in [0.1, 0.15) is 0 Å². The number of hydrazine groups is 1. The highest BCUT2D eigenvalue weighted by Gasteiger charge is 2.23. The standard InChI is InChI=1S/C13H17N3/c1-3-11-8-12(10-15-9-11)13-6-4-5-7-16(13)14-2/h1,8-10,13-14H,4-7H2,2H3/t13-/m0/s1. The van der Waals surface area contributed by atoms with Gasteiger partial charge in [0.25, 0.3) is 0 Å². The van der Waals surface area contributed by atoms with Crippen LogP contribution in [0.25, 0.3) is 0 Å². The monoisotopic (exact) mass is 215 g/mol. The van der Waals surface area contributed by atoms with Gasteiger partial charge in [-0.1, -0.05) is 12.3 Å². The predicted octanol–water partition coefficient (Wildman–Crippen LogP) is 1.72. The van der Waals surface area contributed by atoms with Gasteiger partial charge >= 0.3 is 0 Å². The Labute approximate surface area is 96.8 Å². The van der Waals surface area contributed by atoms with E-state index in [1.54, 1.807) is 6.20 Å². The second-order valence-electron chi connectivity index (χ2n) is 4.08. The van der Waals surface area contributed by atoms with E-state index in [4.69, 9.17) is 6.42 Å². The number of hydrogen-bond acceptors (Lipinski definition) is 3. The van der Waals surface area contributed by atoms with Crippen molar-refractivity contribution in [2.24, 2.45) is 0 Å². The van der Waals surface area contributed by atoms with E-state index >= 15 is 0 Å². The number of nitrogens with one attached hydrogen (secondary N) is 1. The van der Waals surface area contributed by atoms with E-state index in [9.17, 15) is 0 Å². The van der Waals surface area contributed by atoms with Crippen molar-refractivity contribution in [3.63, 3.8) is 0 Å². The van der Waals surface area contributed by atoms with Gasteiger partial charge in [-0.25, -0.2) is 5.01 Å². The Hall–Kier alpha value is -1.37. The molecule has 0 aliphatic carbocycles. The van der Waals surface area contributed by atoms with Gasteiger partial charge in [0.05, 0.1) is 6.04 Å². The summed E-state index contributed by atoms with van der Waals surface area (Å²) in [7, 11) is 1.97. The van der Waals surface area contributed by atoms with Crippen LogP contribution in [0.1, 0.15) is 36.4 Å². The molecule has 0 aromatic carbocycles. The minimum atomic E-state index is 0.402. The molecule has 1 aliphatic rings. The first-order chi connectivity index (χ1) is 7.85. The van der Waals surface area contributed by atoms with E-state index in [1.807, 2.05) is 13.2 Å². The maximum absolute atomic E-state index is 5.40. The van der Waals surface area contributed by atoms with Crippen LogP contribution in [-0.2, 0) is 0 Å². The molecule has 3 heteroatoms. The Morgan fingerprint density at radius 1 is 1.50 bits per heavy atom. The lowest BCUT2D eigenvalue weighted by atomic mass is 9.97. The van der Waals surface area contributed by atoms with E-state index in [0.29, 0.717) is 6.04 Å². The SMILES string of the molecule is C#Cc1cncc([C@@H]2CCCCN2NC)c1. The van der Waals surface area contributed by atoms with Gasteiger partial charge in [0.15, 0.2) is 0 Å². The molecule has 1 aromatic rings. The molecular formula is C13H17N3. The first kappa shape index (κ1) is 11.1. The lowest BCUT2D eigenvalue weighted by Crippen LogP contribution is -2.41. The largest absolute Gasteiger partial charge is 0.263 e. The summed E-state index contributed by atoms with van der Waals surface area (Å²) in [6.07, 6.45) is 12.7. The Kier molecular flexibility index (Phi) is 3.55. The maximum atomic E-state index is 5.40. The molecule has 3 nitrogen and oxygen atoms in total. The molecule has 1 aromatic heterocycles. The Bertz CT molecular complexity index is 394. The first-order valence-corrected chi connectivity index (χ1v) is 5.70. The molecule has 2 rings (SSSR count). The normalized spacial score (nSPS) is 21.6. The topological polar surface area (TPSA) is 28.2 Å². The van der Waals surface area contributed by atoms with Gasteiger partial charge in [-0.05, 0) is 31.5 Å². The van der Waals surface area contributed by atoms with Crippen molar-refractivity contribution < 1.29 is 0 Å². The van der Waals surface area contributed by atoms with Crippen molar-refractivity contribution in [2.75, 3.05) is 13.6 Å². The second-order valence-corrected chi connectivity index (χ2v) is 4.08. The van der Waals surface area contributed by atoms with Gasteiger partial charge in [0.2, 0.25) is 0 Å². The van der Waals surface area contributed by atoms with Crippen LogP contribution < -0.4 is 5.43 Å². The van der Waals surface area contributed by atoms with E-state index in [-0.39, 0.29) is 0 Å². The summed E-state index contributed by atoms with van der Waals surface area (Å²) in [6, 6.07) is 2.47. The summed E-state index contributed by atoms with van der Waals surface area (Å²) < 4.78 is 0. The highest BCUT2D eigenvalue weighted by molar-refractivity contribution is 5.33. The number of pyridine rings is 1. The summed E-state index contributed by atoms with van der Waals surface area (Å²) in [5, 5.41) is 2.26. The van der Waals surface area contributed by atoms with Crippen molar-refractivity contribution in [2.45, 2.75) is 25.3 Å². The zero-order valence-electron chi connectivity index (χ0n) is 9.61. The summed E-state index contributed by atoms with van der Waals surface area (Å²) in [6.45, 7) is 1.08. The summed E-state index contributed by atoms with van der Waals surface area (Å²) >= 11 is 0. The summed E-state index contributed by atoms with van der Waals surface area (Å²) in [5.41, 5.74) is 5.32. The van der Waals surface area contributed by atoms with Crippen LogP contribution in [-0.4, -0.2) is 23.6 Å². The molecule has 0 amide bonds. The van der Waals surface area contributed by atoms with Crippen LogP contribution in [0.15, 0.2) is 18.5 Å². The van der Waals surface area contributed by atoms with Crippen LogP contribution in [0.3, 0.4) is 0 Å². The molecule has 84 valence electrons. The quantitative estimate of drug-likeness (QED) is 0.761. The lowest BCUT2D eigenvalue weighted by Gasteiger charge is -2.35. The van der Waals surface area contributed by atoms with E-state index in [0.717, 1.165) is 18.5 Å². The van der Waals surface area contributed by atoms with Crippen molar-refractivity contribution in [3.05, 3.63) is 29.6 Å². The van der Waals surface area contributed by atoms with Gasteiger partial charge in [0, 0.05) is 24.5 Å². The molecule has 0 unspecified atom stereocenters. The second kappa shape index (κ2) is 5.11. The molecule has 1 fully saturated rings. The molecule has 1 saturated heterocycles. The van der Waals surface area contributed by atoms with E-state index in [1.165, 1.54) is 18.4 Å². The zero-order chi connectivity index (χ0) is 11.4. The number of terminal acetylenes is 1. The summed E-state index contributed by atoms with van der Waals surface area (Å²) in [4.78, 5) is 4.20. The Balaban J connectivity index is 2.24. The molecule has 2 heterocycles. The zero-order valence-corrected chi connectivity index (χ0v) is 9.61. The average molecular weight is 215 g/mol. The Morgan fingerprint density at radius 2 is 2.38 bits per heavy atom. The van der Waals surface area contributed by atoms with Crippen LogP contribution in [0, 0.1) is 12.3 Å². The number of aromatic nitrogens is 1. The fourth-order valence-corrected chi connectivity index (χ4v) is 2.26. The smallest absolute Gasteiger partial charge is 0.0508 e. The molecule has 0 radical (unpaired) electrons. The maximum Gasteiger partial charge on any atom is 0.0508 e. The molecule has 0 bridgehead atoms. The van der Waals surface area contributed by atoms with Gasteiger partial charge in [-0.2, -0.15) is 0 Å². The Morgan fingerprint density at radius 3 is 3.12 bits per heavy atom. The molecule has 1 N–H and O–H groups in total. The highest BCUT2D eigenvalue weighted by Crippen LogP contribution is 2.28. The average Bonchev–Trinajstić information content (AvgIpc) is 2.38. The van der Waals surface area contributed by atoms with E-state index < -0.39 is 0 Å². The minimum absolute atomic E-state index is 0.402. The lowest BCUT2D eigenvalue weighted by molar-refractivity contribution is 0.0982. The van der Waals surface area contributed by atoms with Crippen LogP contribution in [0.4, 0.5) is 0 Å². The minimum Gasteiger partial charge on any atom is -0.263 e. The fraction of sp³-hybridized carbons (Fsp3) is 0.462. The van der Waals surface area contributed by atoms with Gasteiger partial charge in [-0.15, -0.1) is 6.42 Å². The molecule has 1 aliphatic heterocycles. The van der Waals surface area contributed by atoms with Crippen molar-refractivity contribution in [3.8, 4) is 12.3 Å². The number of piperidine rings is 1. The molecular weight excluding hydrogens is 198 g/mol. The van der Waals surface area contributed by atoms with Gasteiger partial charge in [-0.3, -0.25) is 10.4 Å². The van der Waals surface area contributed by atoms with Gasteiger partial charge < -0.3 is 0 Å². The third-order valence-electron chi connectivity index (χ3n) is 3.10. The predicted molar refractivity (Wildman–Crippen MR) is 64.5 cm³/mol. The van der Waals surface area contributed by atoms with Crippen molar-refractivity contribution in [1.29, 1.82) is 0 Å². The third-order valence-corrected chi connectivity index (χ3v) is 3.10. The number of rotatable bonds is 2. The third kappa shape index (κ3) is 2.24. The summed E-state index contributed by atoms with van der Waals surface area (Å²) in [5.74, 6) is 2.64. The molecule has 0 spiro atoms.